The van der Waals surface area contributed by atoms with Crippen LogP contribution in [0.4, 0.5) is 11.6 Å². The minimum absolute atomic E-state index is 0.132. The topological polar surface area (TPSA) is 135 Å². The number of ether oxygens (including phenoxy) is 3. The second-order valence-corrected chi connectivity index (χ2v) is 8.37. The molecule has 2 fully saturated rings. The number of hydrogen-bond donors (Lipinski definition) is 2. The summed E-state index contributed by atoms with van der Waals surface area (Å²) in [5, 5.41) is 4.88. The summed E-state index contributed by atoms with van der Waals surface area (Å²) in [4.78, 5) is 49.1. The Morgan fingerprint density at radius 3 is 2.47 bits per heavy atom. The van der Waals surface area contributed by atoms with E-state index in [0.29, 0.717) is 75.6 Å². The second-order valence-electron chi connectivity index (χ2n) is 8.37. The first-order valence-electron chi connectivity index (χ1n) is 11.8. The highest BCUT2D eigenvalue weighted by atomic mass is 16.5. The lowest BCUT2D eigenvalue weighted by atomic mass is 10.1. The highest BCUT2D eigenvalue weighted by Crippen LogP contribution is 2.20. The van der Waals surface area contributed by atoms with Crippen molar-refractivity contribution in [1.29, 1.82) is 0 Å². The fraction of sp³-hybridized carbons (Fsp3) is 0.458. The number of carbonyl (C=O) groups excluding carboxylic acids is 3. The Kier molecular flexibility index (Phi) is 8.76. The van der Waals surface area contributed by atoms with Crippen molar-refractivity contribution in [2.75, 3.05) is 76.0 Å². The molecule has 3 amide bonds. The highest BCUT2D eigenvalue weighted by molar-refractivity contribution is 6.05. The number of amides is 3. The number of aromatic nitrogens is 2. The number of morpholine rings is 2. The molecule has 2 aliphatic heterocycles. The SMILES string of the molecule is Cc1ccc(NC(=O)c2cc(OCCN3CCOCC3)nc(N3CCOCC3)n2)cc1C(=O)NC=O. The third kappa shape index (κ3) is 6.74. The van der Waals surface area contributed by atoms with Crippen LogP contribution in [0.15, 0.2) is 24.3 Å². The number of aryl methyl sites for hydroxylation is 1. The Hall–Kier alpha value is -3.61. The van der Waals surface area contributed by atoms with Crippen LogP contribution in [0.1, 0.15) is 26.4 Å². The summed E-state index contributed by atoms with van der Waals surface area (Å²) in [6.07, 6.45) is 0.321. The van der Waals surface area contributed by atoms with E-state index in [0.717, 1.165) is 19.6 Å². The maximum atomic E-state index is 13.1. The first-order chi connectivity index (χ1) is 17.5. The number of anilines is 2. The third-order valence-electron chi connectivity index (χ3n) is 5.91. The zero-order valence-electron chi connectivity index (χ0n) is 20.2. The van der Waals surface area contributed by atoms with Crippen LogP contribution in [0, 0.1) is 6.92 Å². The molecule has 0 atom stereocenters. The van der Waals surface area contributed by atoms with E-state index in [4.69, 9.17) is 14.2 Å². The van der Waals surface area contributed by atoms with E-state index in [2.05, 4.69) is 25.5 Å². The maximum Gasteiger partial charge on any atom is 0.274 e. The molecular weight excluding hydrogens is 468 g/mol. The van der Waals surface area contributed by atoms with Gasteiger partial charge in [-0.1, -0.05) is 6.07 Å². The molecule has 0 saturated carbocycles. The van der Waals surface area contributed by atoms with E-state index in [9.17, 15) is 14.4 Å². The van der Waals surface area contributed by atoms with Gasteiger partial charge in [0.05, 0.1) is 26.4 Å². The molecule has 36 heavy (non-hydrogen) atoms. The molecule has 1 aromatic carbocycles. The summed E-state index contributed by atoms with van der Waals surface area (Å²) < 4.78 is 16.7. The van der Waals surface area contributed by atoms with Crippen LogP contribution in [0.25, 0.3) is 0 Å². The number of hydrogen-bond acceptors (Lipinski definition) is 10. The first kappa shape index (κ1) is 25.5. The zero-order valence-corrected chi connectivity index (χ0v) is 20.2. The normalized spacial score (nSPS) is 16.3. The summed E-state index contributed by atoms with van der Waals surface area (Å²) in [6, 6.07) is 6.38. The Morgan fingerprint density at radius 1 is 1.03 bits per heavy atom. The van der Waals surface area contributed by atoms with Crippen LogP contribution in [-0.4, -0.2) is 98.9 Å². The molecule has 0 radical (unpaired) electrons. The van der Waals surface area contributed by atoms with Crippen molar-refractivity contribution >= 4 is 29.9 Å². The fourth-order valence-corrected chi connectivity index (χ4v) is 3.88. The van der Waals surface area contributed by atoms with E-state index in [-0.39, 0.29) is 11.3 Å². The molecule has 0 spiro atoms. The van der Waals surface area contributed by atoms with Crippen molar-refractivity contribution in [3.05, 3.63) is 41.1 Å². The van der Waals surface area contributed by atoms with Crippen molar-refractivity contribution in [3.63, 3.8) is 0 Å². The number of carbonyl (C=O) groups is 3. The average Bonchev–Trinajstić information content (AvgIpc) is 2.91. The van der Waals surface area contributed by atoms with Gasteiger partial charge in [0.2, 0.25) is 18.2 Å². The van der Waals surface area contributed by atoms with Crippen LogP contribution in [-0.2, 0) is 14.3 Å². The van der Waals surface area contributed by atoms with Crippen molar-refractivity contribution in [3.8, 4) is 5.88 Å². The lowest BCUT2D eigenvalue weighted by molar-refractivity contribution is -0.108. The molecule has 2 aliphatic rings. The van der Waals surface area contributed by atoms with Gasteiger partial charge in [0.1, 0.15) is 12.3 Å². The summed E-state index contributed by atoms with van der Waals surface area (Å²) in [6.45, 7) is 8.27. The van der Waals surface area contributed by atoms with Gasteiger partial charge in [0.25, 0.3) is 11.8 Å². The minimum atomic E-state index is -0.550. The fourth-order valence-electron chi connectivity index (χ4n) is 3.88. The summed E-state index contributed by atoms with van der Waals surface area (Å²) >= 11 is 0. The molecule has 0 unspecified atom stereocenters. The van der Waals surface area contributed by atoms with E-state index in [1.807, 2.05) is 4.90 Å². The standard InChI is InChI=1S/C24H30N6O6/c1-17-2-3-18(14-19(17)22(32)25-16-31)26-23(33)20-15-21(36-13-6-29-4-9-34-10-5-29)28-24(27-20)30-7-11-35-12-8-30/h2-3,14-16H,4-13H2,1H3,(H,26,33)(H,25,31,32). The molecule has 2 N–H and O–H groups in total. The summed E-state index contributed by atoms with van der Waals surface area (Å²) in [5.41, 5.74) is 1.47. The minimum Gasteiger partial charge on any atom is -0.476 e. The van der Waals surface area contributed by atoms with Crippen molar-refractivity contribution < 1.29 is 28.6 Å². The van der Waals surface area contributed by atoms with E-state index in [1.165, 1.54) is 12.1 Å². The summed E-state index contributed by atoms with van der Waals surface area (Å²) in [5.74, 6) is -0.330. The molecule has 192 valence electrons. The Bertz CT molecular complexity index is 1080. The monoisotopic (exact) mass is 498 g/mol. The van der Waals surface area contributed by atoms with Crippen LogP contribution in [0.2, 0.25) is 0 Å². The largest absolute Gasteiger partial charge is 0.476 e. The quantitative estimate of drug-likeness (QED) is 0.470. The lowest BCUT2D eigenvalue weighted by Crippen LogP contribution is -2.39. The Balaban J connectivity index is 1.51. The molecule has 12 nitrogen and oxygen atoms in total. The van der Waals surface area contributed by atoms with Crippen LogP contribution >= 0.6 is 0 Å². The van der Waals surface area contributed by atoms with Crippen molar-refractivity contribution in [2.24, 2.45) is 0 Å². The Labute approximate surface area is 208 Å². The van der Waals surface area contributed by atoms with Gasteiger partial charge in [-0.25, -0.2) is 4.98 Å². The maximum absolute atomic E-state index is 13.1. The van der Waals surface area contributed by atoms with Crippen LogP contribution in [0.5, 0.6) is 5.88 Å². The second kappa shape index (κ2) is 12.4. The van der Waals surface area contributed by atoms with Gasteiger partial charge in [-0.05, 0) is 24.6 Å². The number of nitrogens with one attached hydrogen (secondary N) is 2. The van der Waals surface area contributed by atoms with E-state index < -0.39 is 11.8 Å². The summed E-state index contributed by atoms with van der Waals surface area (Å²) in [7, 11) is 0. The molecule has 0 aliphatic carbocycles. The molecule has 2 aromatic rings. The van der Waals surface area contributed by atoms with Gasteiger partial charge in [0.15, 0.2) is 0 Å². The number of nitrogens with zero attached hydrogens (tertiary/aromatic N) is 4. The predicted molar refractivity (Wildman–Crippen MR) is 130 cm³/mol. The van der Waals surface area contributed by atoms with E-state index in [1.54, 1.807) is 19.1 Å². The molecule has 4 rings (SSSR count). The van der Waals surface area contributed by atoms with Crippen molar-refractivity contribution in [1.82, 2.24) is 20.2 Å². The molecule has 1 aromatic heterocycles. The highest BCUT2D eigenvalue weighted by Gasteiger charge is 2.20. The lowest BCUT2D eigenvalue weighted by Gasteiger charge is -2.27. The molecular formula is C24H30N6O6. The van der Waals surface area contributed by atoms with Crippen molar-refractivity contribution in [2.45, 2.75) is 6.92 Å². The van der Waals surface area contributed by atoms with E-state index >= 15 is 0 Å². The van der Waals surface area contributed by atoms with Gasteiger partial charge in [0, 0.05) is 50.0 Å². The smallest absolute Gasteiger partial charge is 0.274 e. The predicted octanol–water partition coefficient (Wildman–Crippen LogP) is 0.471. The molecule has 12 heteroatoms. The molecule has 3 heterocycles. The van der Waals surface area contributed by atoms with Crippen LogP contribution < -0.4 is 20.3 Å². The van der Waals surface area contributed by atoms with Gasteiger partial charge < -0.3 is 24.4 Å². The number of rotatable bonds is 9. The number of imide groups is 1. The molecule has 0 bridgehead atoms. The third-order valence-corrected chi connectivity index (χ3v) is 5.91. The van der Waals surface area contributed by atoms with Gasteiger partial charge in [-0.2, -0.15) is 4.98 Å². The van der Waals surface area contributed by atoms with Crippen LogP contribution in [0.3, 0.4) is 0 Å². The van der Waals surface area contributed by atoms with Gasteiger partial charge in [-0.15, -0.1) is 0 Å². The Morgan fingerprint density at radius 2 is 1.75 bits per heavy atom. The zero-order chi connectivity index (χ0) is 25.3. The van der Waals surface area contributed by atoms with Gasteiger partial charge >= 0.3 is 0 Å². The molecule has 2 saturated heterocycles. The number of benzene rings is 1. The van der Waals surface area contributed by atoms with Gasteiger partial charge in [-0.3, -0.25) is 24.6 Å². The average molecular weight is 499 g/mol. The first-order valence-corrected chi connectivity index (χ1v) is 11.8.